The number of alkyl halides is 3. The first kappa shape index (κ1) is 19.0. The zero-order chi connectivity index (χ0) is 17.0. The first-order valence-corrected chi connectivity index (χ1v) is 11.4. The van der Waals surface area contributed by atoms with Crippen molar-refractivity contribution in [3.63, 3.8) is 0 Å². The largest absolute Gasteiger partial charge is 0.471 e. The number of carbonyl (C=O) groups excluding carboxylic acids is 1. The third kappa shape index (κ3) is 6.00. The van der Waals surface area contributed by atoms with Gasteiger partial charge in [-0.05, 0) is 34.7 Å². The molecule has 0 fully saturated rings. The Balaban J connectivity index is 3.04. The summed E-state index contributed by atoms with van der Waals surface area (Å²) in [7, 11) is -1.38. The number of nitrogens with zero attached hydrogens (tertiary/aromatic N) is 1. The lowest BCUT2D eigenvalue weighted by atomic mass is 10.2. The van der Waals surface area contributed by atoms with Crippen LogP contribution >= 0.6 is 22.6 Å². The quantitative estimate of drug-likeness (QED) is 0.385. The summed E-state index contributed by atoms with van der Waals surface area (Å²) in [5.74, 6) is 3.72. The predicted molar refractivity (Wildman–Crippen MR) is 93.5 cm³/mol. The standard InChI is InChI=1S/C15H17F3INOSi/c1-22(2,3)11-7-6-10-20(14(21)15(16,17)18)13-9-5-4-8-12(13)19/h4-5,8-9H,10-11H2,1-3H3. The van der Waals surface area contributed by atoms with Crippen LogP contribution in [0.1, 0.15) is 0 Å². The van der Waals surface area contributed by atoms with Gasteiger partial charge in [-0.25, -0.2) is 0 Å². The molecule has 7 heteroatoms. The maximum Gasteiger partial charge on any atom is 0.471 e. The molecule has 0 aromatic heterocycles. The topological polar surface area (TPSA) is 20.3 Å². The summed E-state index contributed by atoms with van der Waals surface area (Å²) in [6, 6.07) is 7.14. The molecule has 0 aliphatic rings. The molecule has 120 valence electrons. The third-order valence-electron chi connectivity index (χ3n) is 2.61. The molecular formula is C15H17F3INOSi. The molecule has 22 heavy (non-hydrogen) atoms. The van der Waals surface area contributed by atoms with Gasteiger partial charge in [-0.2, -0.15) is 13.2 Å². The summed E-state index contributed by atoms with van der Waals surface area (Å²) in [5.41, 5.74) is 0.229. The van der Waals surface area contributed by atoms with E-state index in [-0.39, 0.29) is 12.2 Å². The van der Waals surface area contributed by atoms with Crippen LogP contribution in [0.5, 0.6) is 0 Å². The van der Waals surface area contributed by atoms with Crippen molar-refractivity contribution in [2.75, 3.05) is 11.4 Å². The van der Waals surface area contributed by atoms with E-state index in [0.717, 1.165) is 0 Å². The number of carbonyl (C=O) groups is 1. The SMILES string of the molecule is C[Si](C)(C)CC#CCN(C(=O)C(F)(F)F)c1ccccc1I. The molecule has 0 spiro atoms. The first-order valence-electron chi connectivity index (χ1n) is 6.61. The molecule has 0 N–H and O–H groups in total. The van der Waals surface area contributed by atoms with Crippen LogP contribution in [0.3, 0.4) is 0 Å². The maximum atomic E-state index is 12.8. The predicted octanol–water partition coefficient (Wildman–Crippen LogP) is 4.53. The van der Waals surface area contributed by atoms with Crippen LogP contribution in [0.4, 0.5) is 18.9 Å². The lowest BCUT2D eigenvalue weighted by Crippen LogP contribution is -2.42. The van der Waals surface area contributed by atoms with Crippen molar-refractivity contribution in [3.05, 3.63) is 27.8 Å². The van der Waals surface area contributed by atoms with E-state index in [1.165, 1.54) is 6.07 Å². The van der Waals surface area contributed by atoms with Crippen molar-refractivity contribution in [2.24, 2.45) is 0 Å². The fraction of sp³-hybridized carbons (Fsp3) is 0.400. The van der Waals surface area contributed by atoms with Crippen LogP contribution in [0.25, 0.3) is 0 Å². The van der Waals surface area contributed by atoms with Crippen molar-refractivity contribution in [3.8, 4) is 11.8 Å². The Kier molecular flexibility index (Phi) is 6.49. The highest BCUT2D eigenvalue weighted by atomic mass is 127. The summed E-state index contributed by atoms with van der Waals surface area (Å²) >= 11 is 1.91. The summed E-state index contributed by atoms with van der Waals surface area (Å²) in [5, 5.41) is 0. The number of anilines is 1. The van der Waals surface area contributed by atoms with Gasteiger partial charge < -0.3 is 0 Å². The van der Waals surface area contributed by atoms with Crippen molar-refractivity contribution in [1.29, 1.82) is 0 Å². The minimum absolute atomic E-state index is 0.229. The van der Waals surface area contributed by atoms with Gasteiger partial charge in [0.2, 0.25) is 0 Å². The van der Waals surface area contributed by atoms with Crippen molar-refractivity contribution in [1.82, 2.24) is 0 Å². The molecule has 0 bridgehead atoms. The van der Waals surface area contributed by atoms with Crippen LogP contribution in [0.2, 0.25) is 25.7 Å². The molecule has 0 aliphatic carbocycles. The second kappa shape index (κ2) is 7.50. The van der Waals surface area contributed by atoms with Crippen molar-refractivity contribution in [2.45, 2.75) is 31.9 Å². The van der Waals surface area contributed by atoms with Gasteiger partial charge in [-0.3, -0.25) is 9.69 Å². The maximum absolute atomic E-state index is 12.8. The van der Waals surface area contributed by atoms with Gasteiger partial charge in [0.1, 0.15) is 0 Å². The van der Waals surface area contributed by atoms with E-state index in [9.17, 15) is 18.0 Å². The average molecular weight is 439 g/mol. The van der Waals surface area contributed by atoms with Crippen molar-refractivity contribution >= 4 is 42.3 Å². The summed E-state index contributed by atoms with van der Waals surface area (Å²) in [4.78, 5) is 12.3. The molecule has 0 unspecified atom stereocenters. The number of para-hydroxylation sites is 1. The lowest BCUT2D eigenvalue weighted by molar-refractivity contribution is -0.170. The van der Waals surface area contributed by atoms with E-state index in [2.05, 4.69) is 31.5 Å². The molecule has 1 aromatic carbocycles. The zero-order valence-corrected chi connectivity index (χ0v) is 15.7. The Morgan fingerprint density at radius 2 is 1.82 bits per heavy atom. The lowest BCUT2D eigenvalue weighted by Gasteiger charge is -2.22. The number of hydrogen-bond donors (Lipinski definition) is 0. The molecule has 1 aromatic rings. The molecule has 0 saturated carbocycles. The smallest absolute Gasteiger partial charge is 0.292 e. The van der Waals surface area contributed by atoms with Gasteiger partial charge in [-0.1, -0.05) is 37.7 Å². The molecule has 0 radical (unpaired) electrons. The van der Waals surface area contributed by atoms with E-state index >= 15 is 0 Å². The van der Waals surface area contributed by atoms with Gasteiger partial charge in [0.05, 0.1) is 20.3 Å². The molecule has 1 amide bonds. The molecule has 0 atom stereocenters. The molecule has 1 rings (SSSR count). The molecule has 2 nitrogen and oxygen atoms in total. The van der Waals surface area contributed by atoms with E-state index in [0.29, 0.717) is 14.5 Å². The Bertz CT molecular complexity index is 599. The van der Waals surface area contributed by atoms with Crippen LogP contribution < -0.4 is 4.90 Å². The van der Waals surface area contributed by atoms with E-state index in [4.69, 9.17) is 0 Å². The summed E-state index contributed by atoms with van der Waals surface area (Å²) in [6.45, 7) is 6.12. The Morgan fingerprint density at radius 1 is 1.23 bits per heavy atom. The van der Waals surface area contributed by atoms with E-state index in [1.54, 1.807) is 18.2 Å². The minimum atomic E-state index is -4.92. The van der Waals surface area contributed by atoms with Gasteiger partial charge >= 0.3 is 12.1 Å². The van der Waals surface area contributed by atoms with Gasteiger partial charge in [0, 0.05) is 9.61 Å². The monoisotopic (exact) mass is 439 g/mol. The Labute approximate surface area is 143 Å². The third-order valence-corrected chi connectivity index (χ3v) is 4.76. The van der Waals surface area contributed by atoms with Gasteiger partial charge in [0.25, 0.3) is 0 Å². The summed E-state index contributed by atoms with van der Waals surface area (Å²) in [6.07, 6.45) is -4.92. The molecule has 0 saturated heterocycles. The van der Waals surface area contributed by atoms with Gasteiger partial charge in [0.15, 0.2) is 0 Å². The number of rotatable bonds is 3. The second-order valence-corrected chi connectivity index (χ2v) is 12.6. The molecular weight excluding hydrogens is 422 g/mol. The number of hydrogen-bond acceptors (Lipinski definition) is 1. The second-order valence-electron chi connectivity index (χ2n) is 5.93. The normalized spacial score (nSPS) is 11.6. The zero-order valence-electron chi connectivity index (χ0n) is 12.6. The van der Waals surface area contributed by atoms with Crippen molar-refractivity contribution < 1.29 is 18.0 Å². The highest BCUT2D eigenvalue weighted by Gasteiger charge is 2.43. The van der Waals surface area contributed by atoms with Crippen LogP contribution in [-0.2, 0) is 4.79 Å². The Morgan fingerprint density at radius 3 is 2.32 bits per heavy atom. The highest BCUT2D eigenvalue weighted by Crippen LogP contribution is 2.27. The molecule has 0 heterocycles. The van der Waals surface area contributed by atoms with Crippen LogP contribution in [0, 0.1) is 15.4 Å². The molecule has 0 aliphatic heterocycles. The van der Waals surface area contributed by atoms with E-state index < -0.39 is 20.2 Å². The number of benzene rings is 1. The van der Waals surface area contributed by atoms with E-state index in [1.807, 2.05) is 22.6 Å². The number of amides is 1. The van der Waals surface area contributed by atoms with Crippen LogP contribution in [0.15, 0.2) is 24.3 Å². The summed E-state index contributed by atoms with van der Waals surface area (Å²) < 4.78 is 38.9. The number of halogens is 4. The Hall–Kier alpha value is -1.01. The van der Waals surface area contributed by atoms with Gasteiger partial charge in [-0.15, -0.1) is 5.92 Å². The first-order chi connectivity index (χ1) is 10.0. The fourth-order valence-electron chi connectivity index (χ4n) is 1.55. The highest BCUT2D eigenvalue weighted by molar-refractivity contribution is 14.1. The average Bonchev–Trinajstić information content (AvgIpc) is 2.37. The van der Waals surface area contributed by atoms with Crippen LogP contribution in [-0.4, -0.2) is 26.7 Å². The fourth-order valence-corrected chi connectivity index (χ4v) is 2.89. The minimum Gasteiger partial charge on any atom is -0.292 e.